The summed E-state index contributed by atoms with van der Waals surface area (Å²) in [6.45, 7) is 5.27. The van der Waals surface area contributed by atoms with Crippen LogP contribution in [0, 0.1) is 5.82 Å². The number of hydrogen-bond donors (Lipinski definition) is 2. The molecule has 1 unspecified atom stereocenters. The number of rotatable bonds is 7. The molecule has 1 atom stereocenters. The van der Waals surface area contributed by atoms with E-state index in [1.54, 1.807) is 12.1 Å². The van der Waals surface area contributed by atoms with Crippen LogP contribution in [0.1, 0.15) is 31.7 Å². The van der Waals surface area contributed by atoms with Gasteiger partial charge >= 0.3 is 0 Å². The highest BCUT2D eigenvalue weighted by Crippen LogP contribution is 2.11. The van der Waals surface area contributed by atoms with Gasteiger partial charge in [0.05, 0.1) is 12.6 Å². The fourth-order valence-electron chi connectivity index (χ4n) is 2.51. The molecule has 1 aliphatic rings. The van der Waals surface area contributed by atoms with Gasteiger partial charge in [-0.2, -0.15) is 0 Å². The number of aliphatic imine (C=N–C) groups is 1. The lowest BCUT2D eigenvalue weighted by Gasteiger charge is -2.13. The Kier molecular flexibility index (Phi) is 10.2. The van der Waals surface area contributed by atoms with Crippen LogP contribution in [0.4, 0.5) is 4.39 Å². The van der Waals surface area contributed by atoms with E-state index in [1.807, 2.05) is 6.07 Å². The van der Waals surface area contributed by atoms with Gasteiger partial charge in [0, 0.05) is 19.7 Å². The summed E-state index contributed by atoms with van der Waals surface area (Å²) in [6.07, 6.45) is 4.30. The zero-order chi connectivity index (χ0) is 15.6. The van der Waals surface area contributed by atoms with Gasteiger partial charge in [-0.3, -0.25) is 4.99 Å². The molecule has 1 saturated heterocycles. The van der Waals surface area contributed by atoms with E-state index in [2.05, 4.69) is 22.5 Å². The maximum Gasteiger partial charge on any atom is 0.191 e. The molecule has 2 N–H and O–H groups in total. The summed E-state index contributed by atoms with van der Waals surface area (Å²) in [7, 11) is 0. The second kappa shape index (κ2) is 11.6. The van der Waals surface area contributed by atoms with Crippen LogP contribution in [-0.2, 0) is 11.2 Å². The first-order valence-electron chi connectivity index (χ1n) is 8.16. The summed E-state index contributed by atoms with van der Waals surface area (Å²) >= 11 is 0. The summed E-state index contributed by atoms with van der Waals surface area (Å²) in [5.41, 5.74) is 1.03. The van der Waals surface area contributed by atoms with Crippen LogP contribution in [0.2, 0.25) is 0 Å². The molecule has 1 aliphatic heterocycles. The molecular formula is C17H27FIN3O. The van der Waals surface area contributed by atoms with Gasteiger partial charge in [0.25, 0.3) is 0 Å². The average Bonchev–Trinajstić information content (AvgIpc) is 3.02. The van der Waals surface area contributed by atoms with Gasteiger partial charge in [-0.1, -0.05) is 12.1 Å². The summed E-state index contributed by atoms with van der Waals surface area (Å²) in [6, 6.07) is 6.78. The molecule has 0 amide bonds. The molecule has 23 heavy (non-hydrogen) atoms. The number of hydrogen-bond acceptors (Lipinski definition) is 2. The highest BCUT2D eigenvalue weighted by molar-refractivity contribution is 14.0. The van der Waals surface area contributed by atoms with E-state index in [4.69, 9.17) is 4.74 Å². The molecule has 0 saturated carbocycles. The van der Waals surface area contributed by atoms with Crippen molar-refractivity contribution in [1.29, 1.82) is 0 Å². The highest BCUT2D eigenvalue weighted by atomic mass is 127. The number of guanidine groups is 1. The molecule has 1 aromatic carbocycles. The Labute approximate surface area is 155 Å². The molecule has 0 aliphatic carbocycles. The van der Waals surface area contributed by atoms with Gasteiger partial charge in [-0.15, -0.1) is 24.0 Å². The average molecular weight is 435 g/mol. The van der Waals surface area contributed by atoms with Crippen molar-refractivity contribution in [2.45, 2.75) is 38.7 Å². The zero-order valence-corrected chi connectivity index (χ0v) is 16.0. The Morgan fingerprint density at radius 1 is 1.39 bits per heavy atom. The van der Waals surface area contributed by atoms with Gasteiger partial charge < -0.3 is 15.4 Å². The van der Waals surface area contributed by atoms with Crippen LogP contribution >= 0.6 is 24.0 Å². The molecule has 1 fully saturated rings. The van der Waals surface area contributed by atoms with Crippen molar-refractivity contribution >= 4 is 29.9 Å². The van der Waals surface area contributed by atoms with E-state index in [1.165, 1.54) is 6.07 Å². The second-order valence-electron chi connectivity index (χ2n) is 5.51. The molecule has 2 rings (SSSR count). The first kappa shape index (κ1) is 20.2. The van der Waals surface area contributed by atoms with Gasteiger partial charge in [-0.25, -0.2) is 4.39 Å². The van der Waals surface area contributed by atoms with Crippen LogP contribution < -0.4 is 10.6 Å². The minimum Gasteiger partial charge on any atom is -0.376 e. The largest absolute Gasteiger partial charge is 0.376 e. The Hall–Kier alpha value is -0.890. The Morgan fingerprint density at radius 2 is 2.26 bits per heavy atom. The first-order valence-corrected chi connectivity index (χ1v) is 8.16. The van der Waals surface area contributed by atoms with E-state index in [9.17, 15) is 4.39 Å². The normalized spacial score (nSPS) is 17.7. The van der Waals surface area contributed by atoms with Crippen LogP contribution in [0.3, 0.4) is 0 Å². The van der Waals surface area contributed by atoms with Crippen molar-refractivity contribution < 1.29 is 9.13 Å². The van der Waals surface area contributed by atoms with Crippen LogP contribution in [-0.4, -0.2) is 38.3 Å². The van der Waals surface area contributed by atoms with Crippen molar-refractivity contribution in [3.8, 4) is 0 Å². The summed E-state index contributed by atoms with van der Waals surface area (Å²) in [5, 5.41) is 6.56. The molecule has 0 radical (unpaired) electrons. The first-order chi connectivity index (χ1) is 10.8. The molecule has 0 spiro atoms. The topological polar surface area (TPSA) is 45.7 Å². The molecule has 0 bridgehead atoms. The van der Waals surface area contributed by atoms with E-state index in [0.29, 0.717) is 6.54 Å². The number of nitrogens with one attached hydrogen (secondary N) is 2. The Morgan fingerprint density at radius 3 is 2.96 bits per heavy atom. The minimum atomic E-state index is -0.170. The summed E-state index contributed by atoms with van der Waals surface area (Å²) < 4.78 is 18.7. The number of halogens is 2. The lowest BCUT2D eigenvalue weighted by Crippen LogP contribution is -2.38. The smallest absolute Gasteiger partial charge is 0.191 e. The molecule has 1 heterocycles. The third kappa shape index (κ3) is 7.97. The van der Waals surface area contributed by atoms with E-state index >= 15 is 0 Å². The number of benzene rings is 1. The number of nitrogens with zero attached hydrogens (tertiary/aromatic N) is 1. The lowest BCUT2D eigenvalue weighted by atomic mass is 10.1. The molecular weight excluding hydrogens is 408 g/mol. The summed E-state index contributed by atoms with van der Waals surface area (Å²) in [4.78, 5) is 4.56. The van der Waals surface area contributed by atoms with Gasteiger partial charge in [0.1, 0.15) is 5.82 Å². The third-order valence-corrected chi connectivity index (χ3v) is 3.64. The van der Waals surface area contributed by atoms with Crippen molar-refractivity contribution in [3.63, 3.8) is 0 Å². The van der Waals surface area contributed by atoms with E-state index < -0.39 is 0 Å². The van der Waals surface area contributed by atoms with Crippen molar-refractivity contribution in [2.75, 3.05) is 26.2 Å². The van der Waals surface area contributed by atoms with Gasteiger partial charge in [-0.05, 0) is 50.3 Å². The molecule has 130 valence electrons. The molecule has 1 aromatic rings. The molecule has 4 nitrogen and oxygen atoms in total. The van der Waals surface area contributed by atoms with Crippen LogP contribution in [0.5, 0.6) is 0 Å². The van der Waals surface area contributed by atoms with Crippen molar-refractivity contribution in [1.82, 2.24) is 10.6 Å². The Bertz CT molecular complexity index is 479. The molecule has 0 aromatic heterocycles. The quantitative estimate of drug-likeness (QED) is 0.300. The second-order valence-corrected chi connectivity index (χ2v) is 5.51. The predicted molar refractivity (Wildman–Crippen MR) is 103 cm³/mol. The standard InChI is InChI=1S/C17H26FN3O.HI/c1-2-19-17(21-13-16-9-5-11-22-16)20-10-4-7-14-6-3-8-15(18)12-14;/h3,6,8,12,16H,2,4-5,7,9-11,13H2,1H3,(H2,19,20,21);1H. The fraction of sp³-hybridized carbons (Fsp3) is 0.588. The number of aryl methyl sites for hydroxylation is 1. The fourth-order valence-corrected chi connectivity index (χ4v) is 2.51. The van der Waals surface area contributed by atoms with E-state index in [-0.39, 0.29) is 35.9 Å². The SMILES string of the molecule is CCNC(=NCC1CCCO1)NCCCc1cccc(F)c1.I. The third-order valence-electron chi connectivity index (χ3n) is 3.64. The molecule has 6 heteroatoms. The van der Waals surface area contributed by atoms with E-state index in [0.717, 1.165) is 56.9 Å². The monoisotopic (exact) mass is 435 g/mol. The Balaban J connectivity index is 0.00000264. The zero-order valence-electron chi connectivity index (χ0n) is 13.7. The maximum atomic E-state index is 13.1. The minimum absolute atomic E-state index is 0. The number of ether oxygens (including phenoxy) is 1. The van der Waals surface area contributed by atoms with Gasteiger partial charge in [0.15, 0.2) is 5.96 Å². The maximum absolute atomic E-state index is 13.1. The lowest BCUT2D eigenvalue weighted by molar-refractivity contribution is 0.117. The summed E-state index contributed by atoms with van der Waals surface area (Å²) in [5.74, 6) is 0.661. The van der Waals surface area contributed by atoms with Gasteiger partial charge in [0.2, 0.25) is 0 Å². The van der Waals surface area contributed by atoms with Crippen LogP contribution in [0.25, 0.3) is 0 Å². The highest BCUT2D eigenvalue weighted by Gasteiger charge is 2.14. The van der Waals surface area contributed by atoms with Crippen molar-refractivity contribution in [2.24, 2.45) is 4.99 Å². The van der Waals surface area contributed by atoms with Crippen molar-refractivity contribution in [3.05, 3.63) is 35.6 Å². The predicted octanol–water partition coefficient (Wildman–Crippen LogP) is 3.11. The van der Waals surface area contributed by atoms with Crippen LogP contribution in [0.15, 0.2) is 29.3 Å².